The second kappa shape index (κ2) is 9.40. The number of hydrogen-bond donors (Lipinski definition) is 1. The highest BCUT2D eigenvalue weighted by Gasteiger charge is 2.34. The molecule has 10 heteroatoms. The number of aryl methyl sites for hydroxylation is 2. The molecule has 0 bridgehead atoms. The van der Waals surface area contributed by atoms with Crippen LogP contribution in [0.2, 0.25) is 5.02 Å². The second-order valence-corrected chi connectivity index (χ2v) is 10.9. The molecule has 0 saturated carbocycles. The Kier molecular flexibility index (Phi) is 6.71. The molecule has 34 heavy (non-hydrogen) atoms. The quantitative estimate of drug-likeness (QED) is 0.500. The van der Waals surface area contributed by atoms with Gasteiger partial charge in [0, 0.05) is 18.3 Å². The largest absolute Gasteiger partial charge is 0.480 e. The highest BCUT2D eigenvalue weighted by Crippen LogP contribution is 2.38. The summed E-state index contributed by atoms with van der Waals surface area (Å²) in [5.74, 6) is 0.0187. The molecule has 2 aromatic carbocycles. The van der Waals surface area contributed by atoms with Gasteiger partial charge in [-0.05, 0) is 62.9 Å². The molecule has 1 aliphatic rings. The van der Waals surface area contributed by atoms with Crippen molar-refractivity contribution in [3.63, 3.8) is 0 Å². The number of carboxylic acids is 1. The highest BCUT2D eigenvalue weighted by molar-refractivity contribution is 7.89. The van der Waals surface area contributed by atoms with Crippen molar-refractivity contribution < 1.29 is 23.1 Å². The van der Waals surface area contributed by atoms with Crippen LogP contribution in [-0.4, -0.2) is 40.6 Å². The minimum absolute atomic E-state index is 0.0537. The topological polar surface area (TPSA) is 102 Å². The average Bonchev–Trinajstić information content (AvgIpc) is 3.18. The molecule has 1 N–H and O–H groups in total. The molecule has 4 rings (SSSR count). The van der Waals surface area contributed by atoms with Gasteiger partial charge in [-0.25, -0.2) is 8.42 Å². The number of ether oxygens (including phenoxy) is 1. The number of halogens is 1. The van der Waals surface area contributed by atoms with Crippen molar-refractivity contribution >= 4 is 27.6 Å². The van der Waals surface area contributed by atoms with Crippen LogP contribution in [0.5, 0.6) is 11.5 Å². The summed E-state index contributed by atoms with van der Waals surface area (Å²) < 4.78 is 35.6. The zero-order valence-corrected chi connectivity index (χ0v) is 20.7. The Hall–Kier alpha value is -2.88. The van der Waals surface area contributed by atoms with Crippen LogP contribution in [0.15, 0.2) is 47.5 Å². The van der Waals surface area contributed by atoms with E-state index in [2.05, 4.69) is 5.10 Å². The molecule has 0 fully saturated rings. The van der Waals surface area contributed by atoms with E-state index in [1.54, 1.807) is 12.3 Å². The Bertz CT molecular complexity index is 1350. The van der Waals surface area contributed by atoms with Gasteiger partial charge in [0.15, 0.2) is 0 Å². The van der Waals surface area contributed by atoms with E-state index in [9.17, 15) is 13.2 Å². The van der Waals surface area contributed by atoms with E-state index >= 15 is 0 Å². The van der Waals surface area contributed by atoms with E-state index in [0.717, 1.165) is 28.8 Å². The van der Waals surface area contributed by atoms with Gasteiger partial charge in [0.05, 0.1) is 22.2 Å². The van der Waals surface area contributed by atoms with Gasteiger partial charge < -0.3 is 9.84 Å². The van der Waals surface area contributed by atoms with Crippen molar-refractivity contribution in [2.45, 2.75) is 50.6 Å². The normalized spacial score (nSPS) is 15.9. The molecule has 0 radical (unpaired) electrons. The van der Waals surface area contributed by atoms with Crippen LogP contribution < -0.4 is 4.74 Å². The van der Waals surface area contributed by atoms with Crippen molar-refractivity contribution in [1.82, 2.24) is 14.1 Å². The molecule has 1 atom stereocenters. The van der Waals surface area contributed by atoms with Crippen LogP contribution in [-0.2, 0) is 27.8 Å². The second-order valence-electron chi connectivity index (χ2n) is 8.49. The summed E-state index contributed by atoms with van der Waals surface area (Å²) >= 11 is 6.42. The predicted octanol–water partition coefficient (Wildman–Crippen LogP) is 4.73. The summed E-state index contributed by atoms with van der Waals surface area (Å²) in [6.07, 6.45) is 3.57. The molecular weight excluding hydrogens is 478 g/mol. The van der Waals surface area contributed by atoms with Crippen molar-refractivity contribution in [3.8, 4) is 11.5 Å². The van der Waals surface area contributed by atoms with Crippen molar-refractivity contribution in [2.24, 2.45) is 0 Å². The van der Waals surface area contributed by atoms with Gasteiger partial charge >= 0.3 is 5.97 Å². The fourth-order valence-corrected chi connectivity index (χ4v) is 6.01. The number of hydrogen-bond acceptors (Lipinski definition) is 5. The van der Waals surface area contributed by atoms with E-state index in [1.165, 1.54) is 28.2 Å². The number of nitrogens with zero attached hydrogens (tertiary/aromatic N) is 3. The van der Waals surface area contributed by atoms with Crippen LogP contribution in [0.4, 0.5) is 0 Å². The third-order valence-corrected chi connectivity index (χ3v) is 8.24. The maximum absolute atomic E-state index is 13.4. The Morgan fingerprint density at radius 1 is 1.24 bits per heavy atom. The van der Waals surface area contributed by atoms with Crippen LogP contribution in [0.3, 0.4) is 0 Å². The van der Waals surface area contributed by atoms with Crippen LogP contribution in [0.1, 0.15) is 41.3 Å². The highest BCUT2D eigenvalue weighted by atomic mass is 35.5. The minimum atomic E-state index is -3.88. The van der Waals surface area contributed by atoms with Crippen LogP contribution in [0.25, 0.3) is 0 Å². The van der Waals surface area contributed by atoms with Gasteiger partial charge in [-0.15, -0.1) is 0 Å². The van der Waals surface area contributed by atoms with Crippen LogP contribution in [0, 0.1) is 13.8 Å². The number of rotatable bonds is 7. The first-order chi connectivity index (χ1) is 16.1. The monoisotopic (exact) mass is 503 g/mol. The predicted molar refractivity (Wildman–Crippen MR) is 128 cm³/mol. The first-order valence-electron chi connectivity index (χ1n) is 10.9. The average molecular weight is 504 g/mol. The molecule has 1 aromatic heterocycles. The minimum Gasteiger partial charge on any atom is -0.480 e. The summed E-state index contributed by atoms with van der Waals surface area (Å²) in [4.78, 5) is 11.2. The summed E-state index contributed by atoms with van der Waals surface area (Å²) in [5.41, 5.74) is 3.55. The summed E-state index contributed by atoms with van der Waals surface area (Å²) in [6, 6.07) is 9.76. The Labute approximate surface area is 203 Å². The number of aromatic nitrogens is 2. The van der Waals surface area contributed by atoms with Crippen molar-refractivity contribution in [2.75, 3.05) is 7.05 Å². The molecule has 0 spiro atoms. The zero-order valence-electron chi connectivity index (χ0n) is 19.2. The van der Waals surface area contributed by atoms with Crippen LogP contribution >= 0.6 is 11.6 Å². The van der Waals surface area contributed by atoms with Gasteiger partial charge in [0.1, 0.15) is 18.0 Å². The molecule has 3 aromatic rings. The lowest BCUT2D eigenvalue weighted by Crippen LogP contribution is -2.33. The molecule has 8 nitrogen and oxygen atoms in total. The van der Waals surface area contributed by atoms with Gasteiger partial charge in [-0.1, -0.05) is 29.3 Å². The van der Waals surface area contributed by atoms with Gasteiger partial charge in [-0.2, -0.15) is 9.40 Å². The molecule has 180 valence electrons. The lowest BCUT2D eigenvalue weighted by atomic mass is 9.93. The molecule has 1 heterocycles. The lowest BCUT2D eigenvalue weighted by molar-refractivity contribution is -0.137. The van der Waals surface area contributed by atoms with Crippen molar-refractivity contribution in [3.05, 3.63) is 70.0 Å². The number of carboxylic acid groups (broad SMARTS) is 1. The fraction of sp³-hybridized carbons (Fsp3) is 0.333. The molecular formula is C24H26ClN3O5S. The molecule has 1 aliphatic carbocycles. The molecule has 0 saturated heterocycles. The van der Waals surface area contributed by atoms with E-state index in [1.807, 2.05) is 32.0 Å². The third kappa shape index (κ3) is 4.68. The number of carbonyl (C=O) groups is 1. The van der Waals surface area contributed by atoms with E-state index in [4.69, 9.17) is 21.4 Å². The summed E-state index contributed by atoms with van der Waals surface area (Å²) in [7, 11) is -2.36. The van der Waals surface area contributed by atoms with E-state index in [-0.39, 0.29) is 16.5 Å². The number of fused-ring (bicyclic) bond motifs is 1. The molecule has 0 aliphatic heterocycles. The number of benzene rings is 2. The van der Waals surface area contributed by atoms with E-state index < -0.39 is 22.0 Å². The standard InChI is InChI=1S/C24H26ClN3O5S/c1-15-7-9-22(16(2)11-15)33-23-10-8-17(12-19(23)25)34(31,32)27(3)20-5-4-6-21-18(20)13-26-28(21)14-24(29)30/h7-13,20H,4-6,14H2,1-3H3,(H,29,30)/t20-/m1/s1. The smallest absolute Gasteiger partial charge is 0.325 e. The van der Waals surface area contributed by atoms with Gasteiger partial charge in [-0.3, -0.25) is 9.48 Å². The maximum Gasteiger partial charge on any atom is 0.325 e. The van der Waals surface area contributed by atoms with Gasteiger partial charge in [0.2, 0.25) is 10.0 Å². The third-order valence-electron chi connectivity index (χ3n) is 6.09. The maximum atomic E-state index is 13.4. The lowest BCUT2D eigenvalue weighted by Gasteiger charge is -2.31. The molecule has 0 unspecified atom stereocenters. The Morgan fingerprint density at radius 3 is 2.65 bits per heavy atom. The zero-order chi connectivity index (χ0) is 24.6. The summed E-state index contributed by atoms with van der Waals surface area (Å²) in [6.45, 7) is 3.67. The first kappa shape index (κ1) is 24.3. The number of aliphatic carboxylic acids is 1. The number of sulfonamides is 1. The first-order valence-corrected chi connectivity index (χ1v) is 12.7. The van der Waals surface area contributed by atoms with Gasteiger partial charge in [0.25, 0.3) is 0 Å². The Balaban J connectivity index is 1.59. The fourth-order valence-electron chi connectivity index (χ4n) is 4.33. The van der Waals surface area contributed by atoms with Crippen molar-refractivity contribution in [1.29, 1.82) is 0 Å². The Morgan fingerprint density at radius 2 is 1.97 bits per heavy atom. The SMILES string of the molecule is Cc1ccc(Oc2ccc(S(=O)(=O)N(C)[C@@H]3CCCc4c3cnn4CC(=O)O)cc2Cl)c(C)c1. The van der Waals surface area contributed by atoms with E-state index in [0.29, 0.717) is 24.3 Å². The molecule has 0 amide bonds. The summed E-state index contributed by atoms with van der Waals surface area (Å²) in [5, 5.41) is 13.5.